The summed E-state index contributed by atoms with van der Waals surface area (Å²) in [5.41, 5.74) is 0.756. The predicted octanol–water partition coefficient (Wildman–Crippen LogP) is -1.29. The summed E-state index contributed by atoms with van der Waals surface area (Å²) >= 11 is 0. The zero-order chi connectivity index (χ0) is 17.3. The number of rotatable bonds is 5. The van der Waals surface area contributed by atoms with E-state index >= 15 is 0 Å². The fourth-order valence-corrected chi connectivity index (χ4v) is 3.40. The van der Waals surface area contributed by atoms with E-state index in [2.05, 4.69) is 4.72 Å². The van der Waals surface area contributed by atoms with Crippen molar-refractivity contribution in [3.63, 3.8) is 0 Å². The van der Waals surface area contributed by atoms with Crippen LogP contribution < -0.4 is 39.0 Å². The molecule has 0 aliphatic rings. The van der Waals surface area contributed by atoms with Crippen molar-refractivity contribution >= 4 is 25.8 Å². The number of nitrogens with one attached hydrogen (secondary N) is 1. The molecule has 0 saturated heterocycles. The van der Waals surface area contributed by atoms with E-state index in [0.717, 1.165) is 17.7 Å². The van der Waals surface area contributed by atoms with Crippen LogP contribution in [-0.2, 0) is 20.1 Å². The van der Waals surface area contributed by atoms with Gasteiger partial charge >= 0.3 is 29.6 Å². The number of hydrogen-bond donors (Lipinski definition) is 1. The summed E-state index contributed by atoms with van der Waals surface area (Å²) in [7, 11) is -7.37. The van der Waals surface area contributed by atoms with Crippen LogP contribution in [-0.4, -0.2) is 28.5 Å². The summed E-state index contributed by atoms with van der Waals surface area (Å²) in [6.45, 7) is 1.81. The quantitative estimate of drug-likeness (QED) is 0.511. The van der Waals surface area contributed by atoms with Gasteiger partial charge in [0.15, 0.2) is 0 Å². The molecule has 1 N–H and O–H groups in total. The monoisotopic (exact) mass is 379 g/mol. The molecule has 24 heavy (non-hydrogen) atoms. The minimum atomic E-state index is -4.72. The maximum absolute atomic E-state index is 12.3. The zero-order valence-corrected chi connectivity index (χ0v) is 16.9. The second-order valence-corrected chi connectivity index (χ2v) is 7.80. The molecule has 2 rings (SSSR count). The molecule has 0 spiro atoms. The summed E-state index contributed by atoms with van der Waals surface area (Å²) in [5.74, 6) is 0.0908. The molecule has 0 radical (unpaired) electrons. The van der Waals surface area contributed by atoms with Crippen LogP contribution in [0, 0.1) is 6.92 Å². The Morgan fingerprint density at radius 2 is 1.50 bits per heavy atom. The second kappa shape index (κ2) is 7.85. The van der Waals surface area contributed by atoms with Gasteiger partial charge < -0.3 is 9.29 Å². The van der Waals surface area contributed by atoms with Crippen LogP contribution in [0.25, 0.3) is 0 Å². The van der Waals surface area contributed by atoms with Crippen LogP contribution >= 0.6 is 0 Å². The van der Waals surface area contributed by atoms with Crippen LogP contribution in [0.1, 0.15) is 5.56 Å². The molecule has 0 atom stereocenters. The fraction of sp³-hybridized carbons (Fsp3) is 0.143. The first-order valence-corrected chi connectivity index (χ1v) is 9.26. The second-order valence-electron chi connectivity index (χ2n) is 4.73. The van der Waals surface area contributed by atoms with Crippen LogP contribution in [0.5, 0.6) is 5.75 Å². The van der Waals surface area contributed by atoms with Gasteiger partial charge in [0.2, 0.25) is 0 Å². The van der Waals surface area contributed by atoms with Crippen molar-refractivity contribution in [3.8, 4) is 5.75 Å². The van der Waals surface area contributed by atoms with E-state index < -0.39 is 25.0 Å². The Morgan fingerprint density at radius 1 is 0.958 bits per heavy atom. The van der Waals surface area contributed by atoms with Crippen LogP contribution in [0.15, 0.2) is 52.3 Å². The average Bonchev–Trinajstić information content (AvgIpc) is 2.46. The Labute approximate surface area is 163 Å². The van der Waals surface area contributed by atoms with Crippen molar-refractivity contribution in [1.82, 2.24) is 0 Å². The number of hydrogen-bond acceptors (Lipinski definition) is 6. The molecule has 10 heteroatoms. The molecule has 0 amide bonds. The maximum atomic E-state index is 12.3. The molecule has 0 bridgehead atoms. The molecule has 0 fully saturated rings. The predicted molar refractivity (Wildman–Crippen MR) is 82.9 cm³/mol. The third-order valence-corrected chi connectivity index (χ3v) is 5.25. The van der Waals surface area contributed by atoms with Gasteiger partial charge in [0.25, 0.3) is 10.0 Å². The Kier molecular flexibility index (Phi) is 6.85. The van der Waals surface area contributed by atoms with Crippen molar-refractivity contribution in [2.45, 2.75) is 16.7 Å². The van der Waals surface area contributed by atoms with Gasteiger partial charge in [0.1, 0.15) is 15.9 Å². The van der Waals surface area contributed by atoms with Gasteiger partial charge in [0, 0.05) is 0 Å². The molecule has 2 aromatic rings. The van der Waals surface area contributed by atoms with Gasteiger partial charge in [-0.3, -0.25) is 4.72 Å². The Balaban J connectivity index is 0.00000288. The van der Waals surface area contributed by atoms with E-state index in [1.807, 2.05) is 6.92 Å². The van der Waals surface area contributed by atoms with Crippen LogP contribution in [0.4, 0.5) is 5.69 Å². The molecular formula is C14H14NNaO6S2. The maximum Gasteiger partial charge on any atom is 1.00 e. The number of benzene rings is 2. The van der Waals surface area contributed by atoms with Gasteiger partial charge in [-0.1, -0.05) is 17.7 Å². The van der Waals surface area contributed by atoms with Crippen molar-refractivity contribution in [2.24, 2.45) is 0 Å². The van der Waals surface area contributed by atoms with E-state index in [4.69, 9.17) is 4.74 Å². The Bertz CT molecular complexity index is 924. The smallest absolute Gasteiger partial charge is 0.744 e. The summed E-state index contributed by atoms with van der Waals surface area (Å²) in [4.78, 5) is -0.555. The number of methoxy groups -OCH3 is 1. The fourth-order valence-electron chi connectivity index (χ4n) is 1.84. The van der Waals surface area contributed by atoms with Crippen molar-refractivity contribution in [1.29, 1.82) is 0 Å². The number of anilines is 1. The van der Waals surface area contributed by atoms with Crippen molar-refractivity contribution < 1.29 is 55.7 Å². The molecule has 2 aromatic carbocycles. The summed E-state index contributed by atoms with van der Waals surface area (Å²) in [6.07, 6.45) is 0. The van der Waals surface area contributed by atoms with Crippen LogP contribution in [0.2, 0.25) is 0 Å². The first-order chi connectivity index (χ1) is 10.6. The third kappa shape index (κ3) is 4.95. The van der Waals surface area contributed by atoms with Gasteiger partial charge in [0.05, 0.1) is 22.6 Å². The van der Waals surface area contributed by atoms with Gasteiger partial charge in [-0.05, 0) is 37.3 Å². The van der Waals surface area contributed by atoms with E-state index in [9.17, 15) is 21.4 Å². The normalized spacial score (nSPS) is 11.5. The number of sulfonamides is 1. The summed E-state index contributed by atoms with van der Waals surface area (Å²) in [6, 6.07) is 9.26. The van der Waals surface area contributed by atoms with Gasteiger partial charge in [-0.25, -0.2) is 16.8 Å². The van der Waals surface area contributed by atoms with Crippen LogP contribution in [0.3, 0.4) is 0 Å². The molecule has 124 valence electrons. The first-order valence-electron chi connectivity index (χ1n) is 6.37. The largest absolute Gasteiger partial charge is 1.00 e. The van der Waals surface area contributed by atoms with E-state index in [1.165, 1.54) is 25.3 Å². The van der Waals surface area contributed by atoms with E-state index in [0.29, 0.717) is 0 Å². The SMILES string of the molecule is COc1ccc(S(=O)(=O)[O-])cc1NS(=O)(=O)c1ccc(C)cc1.[Na+]. The molecule has 0 unspecified atom stereocenters. The van der Waals surface area contributed by atoms with E-state index in [-0.39, 0.29) is 45.9 Å². The van der Waals surface area contributed by atoms with Gasteiger partial charge in [-0.2, -0.15) is 0 Å². The summed E-state index contributed by atoms with van der Waals surface area (Å²) < 4.78 is 65.2. The molecule has 0 aromatic heterocycles. The molecule has 0 aliphatic carbocycles. The molecule has 7 nitrogen and oxygen atoms in total. The molecule has 0 heterocycles. The number of aryl methyl sites for hydroxylation is 1. The number of ether oxygens (including phenoxy) is 1. The van der Waals surface area contributed by atoms with Gasteiger partial charge in [-0.15, -0.1) is 0 Å². The molecule has 0 aliphatic heterocycles. The van der Waals surface area contributed by atoms with E-state index in [1.54, 1.807) is 12.1 Å². The minimum Gasteiger partial charge on any atom is -0.744 e. The average molecular weight is 379 g/mol. The standard InChI is InChI=1S/C14H15NO6S2.Na/c1-10-3-5-11(6-4-10)22(16,17)15-13-9-12(23(18,19)20)7-8-14(13)21-2;/h3-9,15H,1-2H3,(H,18,19,20);/q;+1/p-1. The molecule has 0 saturated carbocycles. The Morgan fingerprint density at radius 3 is 2.00 bits per heavy atom. The summed E-state index contributed by atoms with van der Waals surface area (Å²) in [5, 5.41) is 0. The topological polar surface area (TPSA) is 113 Å². The minimum absolute atomic E-state index is 0. The Hall–Kier alpha value is -1.10. The third-order valence-electron chi connectivity index (χ3n) is 3.04. The van der Waals surface area contributed by atoms with Crippen molar-refractivity contribution in [3.05, 3.63) is 48.0 Å². The zero-order valence-electron chi connectivity index (χ0n) is 13.3. The molecular weight excluding hydrogens is 365 g/mol. The first kappa shape index (κ1) is 20.9. The van der Waals surface area contributed by atoms with Crippen molar-refractivity contribution in [2.75, 3.05) is 11.8 Å².